The molecule has 1 saturated heterocycles. The second-order valence-corrected chi connectivity index (χ2v) is 5.03. The van der Waals surface area contributed by atoms with Gasteiger partial charge in [-0.1, -0.05) is 0 Å². The summed E-state index contributed by atoms with van der Waals surface area (Å²) in [5, 5.41) is 0. The molecular weight excluding hydrogens is 331 g/mol. The predicted octanol–water partition coefficient (Wildman–Crippen LogP) is 2.87. The Hall–Kier alpha value is -1.96. The number of hydrogen-bond donors (Lipinski definition) is 2. The summed E-state index contributed by atoms with van der Waals surface area (Å²) < 4.78 is 37.4. The van der Waals surface area contributed by atoms with E-state index in [-0.39, 0.29) is 24.3 Å². The van der Waals surface area contributed by atoms with Crippen LogP contribution in [0.15, 0.2) is 34.3 Å². The fourth-order valence-electron chi connectivity index (χ4n) is 2.19. The smallest absolute Gasteiger partial charge is 0.369 e. The number of alkyl halides is 3. The average molecular weight is 350 g/mol. The van der Waals surface area contributed by atoms with E-state index in [4.69, 9.17) is 11.5 Å². The van der Waals surface area contributed by atoms with Crippen LogP contribution < -0.4 is 11.5 Å². The molecule has 9 heteroatoms. The fourth-order valence-corrected chi connectivity index (χ4v) is 2.19. The standard InChI is InChI=1S/C14H18F3N5.ClH/c15-14(16,17)10-4-6-11(7-5-10)20-12(18)21-13(19)22-8-2-1-3-9-22;/h4-7H,1-3,8-9H2,(H4,18,19,20,21);1H. The number of halogens is 4. The molecule has 5 nitrogen and oxygen atoms in total. The molecule has 0 bridgehead atoms. The summed E-state index contributed by atoms with van der Waals surface area (Å²) in [5.41, 5.74) is 11.1. The maximum absolute atomic E-state index is 12.5. The first-order valence-corrected chi connectivity index (χ1v) is 6.97. The summed E-state index contributed by atoms with van der Waals surface area (Å²) in [4.78, 5) is 9.86. The minimum atomic E-state index is -4.37. The highest BCUT2D eigenvalue weighted by atomic mass is 35.5. The average Bonchev–Trinajstić information content (AvgIpc) is 2.47. The van der Waals surface area contributed by atoms with E-state index in [0.717, 1.165) is 38.1 Å². The first-order chi connectivity index (χ1) is 10.4. The van der Waals surface area contributed by atoms with Gasteiger partial charge in [-0.2, -0.15) is 18.2 Å². The van der Waals surface area contributed by atoms with Gasteiger partial charge in [0.2, 0.25) is 5.96 Å². The second-order valence-electron chi connectivity index (χ2n) is 5.03. The van der Waals surface area contributed by atoms with Crippen LogP contribution in [0.2, 0.25) is 0 Å². The van der Waals surface area contributed by atoms with Gasteiger partial charge in [-0.3, -0.25) is 0 Å². The summed E-state index contributed by atoms with van der Waals surface area (Å²) in [6.45, 7) is 1.64. The van der Waals surface area contributed by atoms with Gasteiger partial charge in [-0.15, -0.1) is 12.4 Å². The molecule has 1 aliphatic heterocycles. The van der Waals surface area contributed by atoms with Crippen LogP contribution in [-0.4, -0.2) is 29.9 Å². The van der Waals surface area contributed by atoms with Crippen LogP contribution in [0.4, 0.5) is 18.9 Å². The van der Waals surface area contributed by atoms with Gasteiger partial charge in [0.1, 0.15) is 0 Å². The summed E-state index contributed by atoms with van der Waals surface area (Å²) in [6, 6.07) is 4.37. The van der Waals surface area contributed by atoms with Gasteiger partial charge in [0.15, 0.2) is 5.96 Å². The van der Waals surface area contributed by atoms with Crippen LogP contribution in [0.3, 0.4) is 0 Å². The van der Waals surface area contributed by atoms with Crippen molar-refractivity contribution in [2.75, 3.05) is 13.1 Å². The van der Waals surface area contributed by atoms with Crippen molar-refractivity contribution in [2.45, 2.75) is 25.4 Å². The Labute approximate surface area is 138 Å². The number of aliphatic imine (C=N–C) groups is 2. The van der Waals surface area contributed by atoms with Crippen molar-refractivity contribution in [3.8, 4) is 0 Å². The molecule has 0 atom stereocenters. The van der Waals surface area contributed by atoms with Crippen LogP contribution in [0.5, 0.6) is 0 Å². The zero-order valence-electron chi connectivity index (χ0n) is 12.4. The van der Waals surface area contributed by atoms with Gasteiger partial charge in [0.25, 0.3) is 0 Å². The third-order valence-electron chi connectivity index (χ3n) is 3.35. The zero-order valence-corrected chi connectivity index (χ0v) is 13.2. The molecule has 0 radical (unpaired) electrons. The van der Waals surface area contributed by atoms with Crippen LogP contribution in [0.1, 0.15) is 24.8 Å². The topological polar surface area (TPSA) is 80.0 Å². The van der Waals surface area contributed by atoms with Crippen LogP contribution >= 0.6 is 12.4 Å². The monoisotopic (exact) mass is 349 g/mol. The lowest BCUT2D eigenvalue weighted by Crippen LogP contribution is -2.41. The van der Waals surface area contributed by atoms with E-state index in [1.165, 1.54) is 18.6 Å². The number of hydrogen-bond acceptors (Lipinski definition) is 1. The summed E-state index contributed by atoms with van der Waals surface area (Å²) in [7, 11) is 0. The van der Waals surface area contributed by atoms with Crippen LogP contribution in [0.25, 0.3) is 0 Å². The molecule has 1 aromatic rings. The molecule has 1 aromatic carbocycles. The molecule has 1 fully saturated rings. The Kier molecular flexibility index (Phi) is 6.68. The van der Waals surface area contributed by atoms with Gasteiger partial charge in [-0.25, -0.2) is 4.99 Å². The van der Waals surface area contributed by atoms with Crippen molar-refractivity contribution in [3.05, 3.63) is 29.8 Å². The molecule has 2 rings (SSSR count). The molecule has 0 amide bonds. The molecule has 4 N–H and O–H groups in total. The molecule has 0 saturated carbocycles. The van der Waals surface area contributed by atoms with Gasteiger partial charge in [0.05, 0.1) is 11.3 Å². The number of nitrogens with zero attached hydrogens (tertiary/aromatic N) is 3. The van der Waals surface area contributed by atoms with Gasteiger partial charge in [0, 0.05) is 13.1 Å². The fraction of sp³-hybridized carbons (Fsp3) is 0.429. The van der Waals surface area contributed by atoms with Crippen LogP contribution in [-0.2, 0) is 6.18 Å². The number of likely N-dealkylation sites (tertiary alicyclic amines) is 1. The minimum absolute atomic E-state index is 0. The number of guanidine groups is 2. The number of piperidine rings is 1. The first-order valence-electron chi connectivity index (χ1n) is 6.97. The minimum Gasteiger partial charge on any atom is -0.369 e. The van der Waals surface area contributed by atoms with Crippen molar-refractivity contribution < 1.29 is 13.2 Å². The van der Waals surface area contributed by atoms with E-state index in [0.29, 0.717) is 5.69 Å². The lowest BCUT2D eigenvalue weighted by Gasteiger charge is -2.27. The normalized spacial score (nSPS) is 16.9. The van der Waals surface area contributed by atoms with Crippen molar-refractivity contribution in [2.24, 2.45) is 21.5 Å². The quantitative estimate of drug-likeness (QED) is 0.604. The molecule has 1 aliphatic rings. The third kappa shape index (κ3) is 5.63. The number of benzene rings is 1. The third-order valence-corrected chi connectivity index (χ3v) is 3.35. The van der Waals surface area contributed by atoms with E-state index in [1.54, 1.807) is 0 Å². The Morgan fingerprint density at radius 2 is 1.57 bits per heavy atom. The van der Waals surface area contributed by atoms with Crippen molar-refractivity contribution in [1.82, 2.24) is 4.90 Å². The number of nitrogens with two attached hydrogens (primary N) is 2. The highest BCUT2D eigenvalue weighted by molar-refractivity contribution is 5.94. The van der Waals surface area contributed by atoms with E-state index >= 15 is 0 Å². The van der Waals surface area contributed by atoms with E-state index < -0.39 is 11.7 Å². The summed E-state index contributed by atoms with van der Waals surface area (Å²) in [6.07, 6.45) is -1.11. The predicted molar refractivity (Wildman–Crippen MR) is 87.0 cm³/mol. The molecule has 0 aliphatic carbocycles. The molecular formula is C14H19ClF3N5. The largest absolute Gasteiger partial charge is 0.416 e. The van der Waals surface area contributed by atoms with Crippen molar-refractivity contribution >= 4 is 30.0 Å². The molecule has 0 aromatic heterocycles. The van der Waals surface area contributed by atoms with E-state index in [1.807, 2.05) is 4.90 Å². The lowest BCUT2D eigenvalue weighted by atomic mass is 10.1. The highest BCUT2D eigenvalue weighted by Crippen LogP contribution is 2.30. The Balaban J connectivity index is 0.00000264. The summed E-state index contributed by atoms with van der Waals surface area (Å²) in [5.74, 6) is 0.204. The molecule has 1 heterocycles. The SMILES string of the molecule is Cl.NC(=Nc1ccc(C(F)(F)F)cc1)/N=C(/N)N1CCCCC1. The maximum Gasteiger partial charge on any atom is 0.416 e. The van der Waals surface area contributed by atoms with Gasteiger partial charge in [-0.05, 0) is 43.5 Å². The number of rotatable bonds is 1. The second kappa shape index (κ2) is 8.05. The van der Waals surface area contributed by atoms with E-state index in [2.05, 4.69) is 9.98 Å². The molecule has 0 spiro atoms. The Morgan fingerprint density at radius 3 is 2.09 bits per heavy atom. The van der Waals surface area contributed by atoms with Crippen molar-refractivity contribution in [1.29, 1.82) is 0 Å². The zero-order chi connectivity index (χ0) is 16.2. The van der Waals surface area contributed by atoms with Gasteiger partial charge >= 0.3 is 6.18 Å². The van der Waals surface area contributed by atoms with Crippen molar-refractivity contribution in [3.63, 3.8) is 0 Å². The van der Waals surface area contributed by atoms with Gasteiger partial charge < -0.3 is 16.4 Å². The molecule has 0 unspecified atom stereocenters. The Bertz CT molecular complexity index is 563. The molecule has 128 valence electrons. The van der Waals surface area contributed by atoms with Crippen LogP contribution in [0, 0.1) is 0 Å². The summed E-state index contributed by atoms with van der Waals surface area (Å²) >= 11 is 0. The Morgan fingerprint density at radius 1 is 1.00 bits per heavy atom. The lowest BCUT2D eigenvalue weighted by molar-refractivity contribution is -0.137. The molecule has 23 heavy (non-hydrogen) atoms. The van der Waals surface area contributed by atoms with E-state index in [9.17, 15) is 13.2 Å². The highest BCUT2D eigenvalue weighted by Gasteiger charge is 2.29. The first kappa shape index (κ1) is 19.1. The maximum atomic E-state index is 12.5.